The lowest BCUT2D eigenvalue weighted by molar-refractivity contribution is 0.717. The highest BCUT2D eigenvalue weighted by atomic mass is 15.0. The van der Waals surface area contributed by atoms with Crippen molar-refractivity contribution in [1.29, 1.82) is 0 Å². The fraction of sp³-hybridized carbons (Fsp3) is 0.364. The molecule has 2 aromatic heterocycles. The summed E-state index contributed by atoms with van der Waals surface area (Å²) in [6, 6.07) is 4.27. The number of hydrogen-bond acceptors (Lipinski definition) is 2. The van der Waals surface area contributed by atoms with E-state index >= 15 is 0 Å². The van der Waals surface area contributed by atoms with Crippen molar-refractivity contribution in [3.8, 4) is 0 Å². The van der Waals surface area contributed by atoms with Gasteiger partial charge in [-0.3, -0.25) is 0 Å². The van der Waals surface area contributed by atoms with Gasteiger partial charge in [-0.15, -0.1) is 0 Å². The lowest BCUT2D eigenvalue weighted by Gasteiger charge is -2.05. The van der Waals surface area contributed by atoms with E-state index in [1.807, 2.05) is 19.2 Å². The molecule has 0 saturated carbocycles. The van der Waals surface area contributed by atoms with Gasteiger partial charge in [0, 0.05) is 30.6 Å². The highest BCUT2D eigenvalue weighted by Crippen LogP contribution is 2.09. The van der Waals surface area contributed by atoms with E-state index in [9.17, 15) is 0 Å². The Morgan fingerprint density at radius 2 is 2.29 bits per heavy atom. The monoisotopic (exact) mass is 189 g/mol. The number of nitrogens with zero attached hydrogens (tertiary/aromatic N) is 2. The predicted molar refractivity (Wildman–Crippen MR) is 57.3 cm³/mol. The highest BCUT2D eigenvalue weighted by Gasteiger charge is 2.04. The van der Waals surface area contributed by atoms with Gasteiger partial charge in [0.1, 0.15) is 5.65 Å². The standard InChI is InChI=1S/C11H15N3/c1-8-3-4-11-13-6-10(5-9(2)12)14(11)7-8/h3-4,6-7,9H,5,12H2,1-2H3. The first-order valence-corrected chi connectivity index (χ1v) is 4.85. The van der Waals surface area contributed by atoms with Crippen molar-refractivity contribution in [2.45, 2.75) is 26.3 Å². The summed E-state index contributed by atoms with van der Waals surface area (Å²) in [5.74, 6) is 0. The summed E-state index contributed by atoms with van der Waals surface area (Å²) < 4.78 is 2.11. The Morgan fingerprint density at radius 3 is 3.00 bits per heavy atom. The third kappa shape index (κ3) is 1.63. The van der Waals surface area contributed by atoms with Crippen LogP contribution in [0.5, 0.6) is 0 Å². The lowest BCUT2D eigenvalue weighted by Crippen LogP contribution is -2.18. The summed E-state index contributed by atoms with van der Waals surface area (Å²) in [6.45, 7) is 4.09. The molecule has 0 aliphatic heterocycles. The van der Waals surface area contributed by atoms with Gasteiger partial charge in [-0.05, 0) is 25.5 Å². The molecule has 3 nitrogen and oxygen atoms in total. The Morgan fingerprint density at radius 1 is 1.50 bits per heavy atom. The van der Waals surface area contributed by atoms with E-state index in [0.717, 1.165) is 12.1 Å². The SMILES string of the molecule is Cc1ccc2ncc(CC(C)N)n2c1. The Labute approximate surface area is 83.6 Å². The van der Waals surface area contributed by atoms with Crippen LogP contribution in [0.1, 0.15) is 18.2 Å². The quantitative estimate of drug-likeness (QED) is 0.778. The average Bonchev–Trinajstić information content (AvgIpc) is 2.47. The van der Waals surface area contributed by atoms with E-state index in [1.165, 1.54) is 11.3 Å². The molecule has 0 bridgehead atoms. The second-order valence-corrected chi connectivity index (χ2v) is 3.87. The molecule has 0 spiro atoms. The molecule has 14 heavy (non-hydrogen) atoms. The molecule has 1 unspecified atom stereocenters. The highest BCUT2D eigenvalue weighted by molar-refractivity contribution is 5.41. The molecule has 0 amide bonds. The molecule has 2 heterocycles. The minimum Gasteiger partial charge on any atom is -0.328 e. The van der Waals surface area contributed by atoms with Gasteiger partial charge in [0.15, 0.2) is 0 Å². The van der Waals surface area contributed by atoms with Crippen molar-refractivity contribution in [3.05, 3.63) is 35.8 Å². The average molecular weight is 189 g/mol. The topological polar surface area (TPSA) is 43.3 Å². The zero-order valence-corrected chi connectivity index (χ0v) is 8.57. The van der Waals surface area contributed by atoms with Crippen LogP contribution >= 0.6 is 0 Å². The van der Waals surface area contributed by atoms with Crippen LogP contribution in [0.15, 0.2) is 24.5 Å². The van der Waals surface area contributed by atoms with Crippen LogP contribution in [0.3, 0.4) is 0 Å². The lowest BCUT2D eigenvalue weighted by atomic mass is 10.2. The van der Waals surface area contributed by atoms with Gasteiger partial charge in [-0.1, -0.05) is 6.07 Å². The third-order valence-corrected chi connectivity index (χ3v) is 2.26. The van der Waals surface area contributed by atoms with Crippen molar-refractivity contribution in [2.75, 3.05) is 0 Å². The normalized spacial score (nSPS) is 13.4. The fourth-order valence-electron chi connectivity index (χ4n) is 1.62. The van der Waals surface area contributed by atoms with Crippen molar-refractivity contribution in [2.24, 2.45) is 5.73 Å². The van der Waals surface area contributed by atoms with Gasteiger partial charge < -0.3 is 10.1 Å². The molecular weight excluding hydrogens is 174 g/mol. The molecule has 0 saturated heterocycles. The van der Waals surface area contributed by atoms with Gasteiger partial charge in [-0.25, -0.2) is 4.98 Å². The van der Waals surface area contributed by atoms with Crippen LogP contribution in [-0.4, -0.2) is 15.4 Å². The minimum atomic E-state index is 0.176. The molecule has 0 radical (unpaired) electrons. The Hall–Kier alpha value is -1.35. The number of imidazole rings is 1. The van der Waals surface area contributed by atoms with Gasteiger partial charge in [0.05, 0.1) is 0 Å². The van der Waals surface area contributed by atoms with Crippen molar-refractivity contribution in [3.63, 3.8) is 0 Å². The predicted octanol–water partition coefficient (Wildman–Crippen LogP) is 1.53. The second kappa shape index (κ2) is 3.42. The maximum Gasteiger partial charge on any atom is 0.136 e. The molecule has 2 N–H and O–H groups in total. The largest absolute Gasteiger partial charge is 0.328 e. The Kier molecular flexibility index (Phi) is 2.25. The van der Waals surface area contributed by atoms with Gasteiger partial charge in [0.25, 0.3) is 0 Å². The Balaban J connectivity index is 2.50. The molecule has 74 valence electrons. The van der Waals surface area contributed by atoms with Crippen LogP contribution in [0, 0.1) is 6.92 Å². The Bertz CT molecular complexity index is 443. The fourth-order valence-corrected chi connectivity index (χ4v) is 1.62. The molecule has 0 fully saturated rings. The van der Waals surface area contributed by atoms with Gasteiger partial charge in [0.2, 0.25) is 0 Å². The van der Waals surface area contributed by atoms with Crippen LogP contribution in [0.2, 0.25) is 0 Å². The molecule has 0 aliphatic carbocycles. The summed E-state index contributed by atoms with van der Waals surface area (Å²) in [5, 5.41) is 0. The van der Waals surface area contributed by atoms with E-state index in [4.69, 9.17) is 5.73 Å². The van der Waals surface area contributed by atoms with Crippen LogP contribution in [-0.2, 0) is 6.42 Å². The summed E-state index contributed by atoms with van der Waals surface area (Å²) >= 11 is 0. The number of aryl methyl sites for hydroxylation is 1. The number of nitrogens with two attached hydrogens (primary N) is 1. The molecule has 0 aromatic carbocycles. The number of rotatable bonds is 2. The van der Waals surface area contributed by atoms with Crippen LogP contribution < -0.4 is 5.73 Å². The zero-order chi connectivity index (χ0) is 10.1. The van der Waals surface area contributed by atoms with Crippen LogP contribution in [0.4, 0.5) is 0 Å². The number of pyridine rings is 1. The summed E-state index contributed by atoms with van der Waals surface area (Å²) in [6.07, 6.45) is 4.86. The van der Waals surface area contributed by atoms with Crippen LogP contribution in [0.25, 0.3) is 5.65 Å². The zero-order valence-electron chi connectivity index (χ0n) is 8.57. The minimum absolute atomic E-state index is 0.176. The van der Waals surface area contributed by atoms with E-state index in [2.05, 4.69) is 28.6 Å². The van der Waals surface area contributed by atoms with E-state index in [1.54, 1.807) is 0 Å². The molecular formula is C11H15N3. The van der Waals surface area contributed by atoms with Gasteiger partial charge in [-0.2, -0.15) is 0 Å². The van der Waals surface area contributed by atoms with E-state index in [-0.39, 0.29) is 6.04 Å². The van der Waals surface area contributed by atoms with E-state index in [0.29, 0.717) is 0 Å². The van der Waals surface area contributed by atoms with Crippen molar-refractivity contribution in [1.82, 2.24) is 9.38 Å². The van der Waals surface area contributed by atoms with Crippen molar-refractivity contribution < 1.29 is 0 Å². The maximum absolute atomic E-state index is 5.77. The smallest absolute Gasteiger partial charge is 0.136 e. The summed E-state index contributed by atoms with van der Waals surface area (Å²) in [4.78, 5) is 4.32. The van der Waals surface area contributed by atoms with Gasteiger partial charge >= 0.3 is 0 Å². The number of fused-ring (bicyclic) bond motifs is 1. The molecule has 0 aliphatic rings. The molecule has 1 atom stereocenters. The molecule has 2 rings (SSSR count). The van der Waals surface area contributed by atoms with Crippen molar-refractivity contribution >= 4 is 5.65 Å². The molecule has 2 aromatic rings. The summed E-state index contributed by atoms with van der Waals surface area (Å²) in [7, 11) is 0. The first kappa shape index (κ1) is 9.21. The van der Waals surface area contributed by atoms with E-state index < -0.39 is 0 Å². The third-order valence-electron chi connectivity index (χ3n) is 2.26. The second-order valence-electron chi connectivity index (χ2n) is 3.87. The summed E-state index contributed by atoms with van der Waals surface area (Å²) in [5.41, 5.74) is 9.18. The first-order chi connectivity index (χ1) is 6.66. The number of hydrogen-bond donors (Lipinski definition) is 1. The maximum atomic E-state index is 5.77. The number of aromatic nitrogens is 2. The first-order valence-electron chi connectivity index (χ1n) is 4.85. The molecule has 3 heteroatoms.